The van der Waals surface area contributed by atoms with Crippen LogP contribution in [0.4, 0.5) is 0 Å². The minimum absolute atomic E-state index is 0.00435. The highest BCUT2D eigenvalue weighted by Gasteiger charge is 2.40. The number of thiazole rings is 1. The van der Waals surface area contributed by atoms with E-state index in [0.717, 1.165) is 11.4 Å². The largest absolute Gasteiger partial charge is 0.342 e. The third-order valence-electron chi connectivity index (χ3n) is 3.83. The van der Waals surface area contributed by atoms with E-state index in [2.05, 4.69) is 17.2 Å². The van der Waals surface area contributed by atoms with Crippen molar-refractivity contribution in [1.29, 1.82) is 0 Å². The molecule has 1 fully saturated rings. The molecule has 1 aliphatic heterocycles. The van der Waals surface area contributed by atoms with Gasteiger partial charge in [-0.05, 0) is 18.8 Å². The van der Waals surface area contributed by atoms with Crippen molar-refractivity contribution in [2.45, 2.75) is 59.2 Å². The first-order valence-corrected chi connectivity index (χ1v) is 8.34. The third-order valence-corrected chi connectivity index (χ3v) is 4.96. The normalized spacial score (nSPS) is 22.8. The molecule has 1 aromatic heterocycles. The molecule has 0 aliphatic carbocycles. The average molecular weight is 309 g/mol. The molecule has 0 aromatic carbocycles. The third kappa shape index (κ3) is 3.26. The molecule has 2 unspecified atom stereocenters. The molecule has 2 heterocycles. The number of nitrogens with one attached hydrogen (secondary N) is 1. The Labute approximate surface area is 129 Å². The standard InChI is InChI=1S/C15H23N3O2S/c1-5-10-7-16-12(21-10)8-18-11(6-2)14(19)17-13(9(3)4)15(18)20/h7,9,11,13H,5-6,8H2,1-4H3,(H,17,19). The van der Waals surface area contributed by atoms with Gasteiger partial charge in [0.1, 0.15) is 17.1 Å². The van der Waals surface area contributed by atoms with E-state index in [-0.39, 0.29) is 23.8 Å². The maximum absolute atomic E-state index is 12.7. The van der Waals surface area contributed by atoms with Crippen LogP contribution in [-0.4, -0.2) is 33.8 Å². The van der Waals surface area contributed by atoms with Gasteiger partial charge in [-0.1, -0.05) is 27.7 Å². The Morgan fingerprint density at radius 1 is 1.38 bits per heavy atom. The summed E-state index contributed by atoms with van der Waals surface area (Å²) in [7, 11) is 0. The summed E-state index contributed by atoms with van der Waals surface area (Å²) in [5.74, 6) is 0.0389. The summed E-state index contributed by atoms with van der Waals surface area (Å²) in [6.07, 6.45) is 3.42. The van der Waals surface area contributed by atoms with Crippen LogP contribution < -0.4 is 5.32 Å². The van der Waals surface area contributed by atoms with Crippen LogP contribution in [0.3, 0.4) is 0 Å². The highest BCUT2D eigenvalue weighted by Crippen LogP contribution is 2.22. The van der Waals surface area contributed by atoms with E-state index in [1.807, 2.05) is 27.0 Å². The zero-order valence-electron chi connectivity index (χ0n) is 13.0. The summed E-state index contributed by atoms with van der Waals surface area (Å²) < 4.78 is 0. The van der Waals surface area contributed by atoms with Gasteiger partial charge in [-0.25, -0.2) is 4.98 Å². The van der Waals surface area contributed by atoms with Crippen molar-refractivity contribution < 1.29 is 9.59 Å². The van der Waals surface area contributed by atoms with Crippen LogP contribution >= 0.6 is 11.3 Å². The Hall–Kier alpha value is -1.43. The molecule has 5 nitrogen and oxygen atoms in total. The lowest BCUT2D eigenvalue weighted by Crippen LogP contribution is -2.64. The molecule has 2 amide bonds. The second-order valence-electron chi connectivity index (χ2n) is 5.69. The number of hydrogen-bond acceptors (Lipinski definition) is 4. The number of aromatic nitrogens is 1. The van der Waals surface area contributed by atoms with Gasteiger partial charge in [-0.2, -0.15) is 0 Å². The van der Waals surface area contributed by atoms with Gasteiger partial charge in [0, 0.05) is 11.1 Å². The maximum Gasteiger partial charge on any atom is 0.246 e. The molecule has 1 N–H and O–H groups in total. The summed E-state index contributed by atoms with van der Waals surface area (Å²) in [6.45, 7) is 8.34. The van der Waals surface area contributed by atoms with Gasteiger partial charge in [0.25, 0.3) is 0 Å². The van der Waals surface area contributed by atoms with Crippen molar-refractivity contribution in [3.05, 3.63) is 16.1 Å². The van der Waals surface area contributed by atoms with E-state index >= 15 is 0 Å². The zero-order chi connectivity index (χ0) is 15.6. The van der Waals surface area contributed by atoms with Crippen LogP contribution in [0.1, 0.15) is 44.0 Å². The van der Waals surface area contributed by atoms with E-state index in [4.69, 9.17) is 0 Å². The first kappa shape index (κ1) is 15.9. The second-order valence-corrected chi connectivity index (χ2v) is 6.89. The lowest BCUT2D eigenvalue weighted by Gasteiger charge is -2.39. The molecule has 0 saturated carbocycles. The van der Waals surface area contributed by atoms with E-state index in [1.165, 1.54) is 4.88 Å². The minimum Gasteiger partial charge on any atom is -0.342 e. The molecular weight excluding hydrogens is 286 g/mol. The minimum atomic E-state index is -0.425. The fourth-order valence-electron chi connectivity index (χ4n) is 2.56. The molecular formula is C15H23N3O2S. The van der Waals surface area contributed by atoms with Crippen molar-refractivity contribution in [2.75, 3.05) is 0 Å². The first-order valence-electron chi connectivity index (χ1n) is 7.52. The van der Waals surface area contributed by atoms with Crippen LogP contribution in [-0.2, 0) is 22.6 Å². The summed E-state index contributed by atoms with van der Waals surface area (Å²) in [5.41, 5.74) is 0. The molecule has 0 spiro atoms. The number of aryl methyl sites for hydroxylation is 1. The molecule has 116 valence electrons. The molecule has 1 aromatic rings. The van der Waals surface area contributed by atoms with Gasteiger partial charge in [-0.15, -0.1) is 11.3 Å². The Morgan fingerprint density at radius 2 is 2.10 bits per heavy atom. The number of rotatable bonds is 5. The summed E-state index contributed by atoms with van der Waals surface area (Å²) in [6, 6.07) is -0.813. The molecule has 0 bridgehead atoms. The Morgan fingerprint density at radius 3 is 2.62 bits per heavy atom. The van der Waals surface area contributed by atoms with E-state index in [1.54, 1.807) is 16.2 Å². The molecule has 0 radical (unpaired) electrons. The van der Waals surface area contributed by atoms with Crippen molar-refractivity contribution in [3.63, 3.8) is 0 Å². The van der Waals surface area contributed by atoms with E-state index < -0.39 is 6.04 Å². The first-order chi connectivity index (χ1) is 9.97. The Kier molecular flexibility index (Phi) is 4.98. The molecule has 21 heavy (non-hydrogen) atoms. The quantitative estimate of drug-likeness (QED) is 0.904. The van der Waals surface area contributed by atoms with Gasteiger partial charge in [0.2, 0.25) is 11.8 Å². The topological polar surface area (TPSA) is 62.3 Å². The number of amides is 2. The van der Waals surface area contributed by atoms with Crippen molar-refractivity contribution in [3.8, 4) is 0 Å². The summed E-state index contributed by atoms with van der Waals surface area (Å²) >= 11 is 1.62. The lowest BCUT2D eigenvalue weighted by atomic mass is 9.97. The highest BCUT2D eigenvalue weighted by molar-refractivity contribution is 7.11. The van der Waals surface area contributed by atoms with Crippen molar-refractivity contribution in [1.82, 2.24) is 15.2 Å². The predicted octanol–water partition coefficient (Wildman–Crippen LogP) is 1.97. The Bertz CT molecular complexity index is 527. The number of piperazine rings is 1. The second kappa shape index (κ2) is 6.56. The van der Waals surface area contributed by atoms with Gasteiger partial charge in [-0.3, -0.25) is 9.59 Å². The monoisotopic (exact) mass is 309 g/mol. The van der Waals surface area contributed by atoms with Gasteiger partial charge >= 0.3 is 0 Å². The van der Waals surface area contributed by atoms with Gasteiger partial charge < -0.3 is 10.2 Å². The van der Waals surface area contributed by atoms with E-state index in [0.29, 0.717) is 13.0 Å². The SMILES string of the molecule is CCc1cnc(CN2C(=O)C(C(C)C)NC(=O)C2CC)s1. The molecule has 2 rings (SSSR count). The number of hydrogen-bond donors (Lipinski definition) is 1. The molecule has 1 aliphatic rings. The highest BCUT2D eigenvalue weighted by atomic mass is 32.1. The van der Waals surface area contributed by atoms with Gasteiger partial charge in [0.15, 0.2) is 0 Å². The van der Waals surface area contributed by atoms with Gasteiger partial charge in [0.05, 0.1) is 6.54 Å². The van der Waals surface area contributed by atoms with Crippen LogP contribution in [0.5, 0.6) is 0 Å². The van der Waals surface area contributed by atoms with E-state index in [9.17, 15) is 9.59 Å². The number of nitrogens with zero attached hydrogens (tertiary/aromatic N) is 2. The Balaban J connectivity index is 2.22. The average Bonchev–Trinajstić information content (AvgIpc) is 2.90. The molecule has 1 saturated heterocycles. The number of carbonyl (C=O) groups excluding carboxylic acids is 2. The zero-order valence-corrected chi connectivity index (χ0v) is 13.9. The van der Waals surface area contributed by atoms with Crippen LogP contribution in [0.15, 0.2) is 6.20 Å². The number of carbonyl (C=O) groups is 2. The summed E-state index contributed by atoms with van der Waals surface area (Å²) in [5, 5.41) is 3.75. The van der Waals surface area contributed by atoms with Crippen LogP contribution in [0.25, 0.3) is 0 Å². The predicted molar refractivity (Wildman–Crippen MR) is 82.9 cm³/mol. The maximum atomic E-state index is 12.7. The smallest absolute Gasteiger partial charge is 0.246 e. The summed E-state index contributed by atoms with van der Waals surface area (Å²) in [4.78, 5) is 32.1. The lowest BCUT2D eigenvalue weighted by molar-refractivity contribution is -0.151. The molecule has 6 heteroatoms. The van der Waals surface area contributed by atoms with Crippen LogP contribution in [0.2, 0.25) is 0 Å². The van der Waals surface area contributed by atoms with Crippen molar-refractivity contribution in [2.24, 2.45) is 5.92 Å². The van der Waals surface area contributed by atoms with Crippen molar-refractivity contribution >= 4 is 23.2 Å². The van der Waals surface area contributed by atoms with Crippen LogP contribution in [0, 0.1) is 5.92 Å². The fourth-order valence-corrected chi connectivity index (χ4v) is 3.42. The molecule has 2 atom stereocenters. The fraction of sp³-hybridized carbons (Fsp3) is 0.667.